The molecule has 0 aromatic rings. The molecule has 0 aromatic heterocycles. The molecule has 0 N–H and O–H groups in total. The molecule has 0 radical (unpaired) electrons. The van der Waals surface area contributed by atoms with Gasteiger partial charge < -0.3 is 18.9 Å². The predicted octanol–water partition coefficient (Wildman–Crippen LogP) is 1.48. The maximum atomic E-state index is 11.4. The van der Waals surface area contributed by atoms with Gasteiger partial charge in [0.2, 0.25) is 0 Å². The van der Waals surface area contributed by atoms with Crippen molar-refractivity contribution in [3.63, 3.8) is 0 Å². The number of hydrogen-bond donors (Lipinski definition) is 0. The first-order valence-corrected chi connectivity index (χ1v) is 7.70. The second kappa shape index (κ2) is 12.7. The molecule has 25 heavy (non-hydrogen) atoms. The normalized spacial score (nSPS) is 9.68. The summed E-state index contributed by atoms with van der Waals surface area (Å²) < 4.78 is 19.2. The van der Waals surface area contributed by atoms with Gasteiger partial charge in [-0.1, -0.05) is 13.2 Å². The van der Waals surface area contributed by atoms with Gasteiger partial charge in [-0.05, 0) is 20.3 Å². The first-order valence-electron chi connectivity index (χ1n) is 7.70. The van der Waals surface area contributed by atoms with E-state index in [1.165, 1.54) is 13.8 Å². The monoisotopic (exact) mass is 356 g/mol. The minimum absolute atomic E-state index is 0.0359. The smallest absolute Gasteiger partial charge is 0.333 e. The van der Waals surface area contributed by atoms with Gasteiger partial charge in [-0.15, -0.1) is 0 Å². The van der Waals surface area contributed by atoms with E-state index in [2.05, 4.69) is 13.2 Å². The summed E-state index contributed by atoms with van der Waals surface area (Å²) in [6, 6.07) is 0. The van der Waals surface area contributed by atoms with Crippen molar-refractivity contribution >= 4 is 23.9 Å². The molecule has 8 heteroatoms. The molecule has 0 amide bonds. The molecule has 8 nitrogen and oxygen atoms in total. The second-order valence-corrected chi connectivity index (χ2v) is 5.13. The number of carbonyl (C=O) groups excluding carboxylic acids is 4. The molecule has 0 bridgehead atoms. The molecule has 0 heterocycles. The van der Waals surface area contributed by atoms with Crippen LogP contribution in [0.3, 0.4) is 0 Å². The topological polar surface area (TPSA) is 105 Å². The van der Waals surface area contributed by atoms with Gasteiger partial charge in [0, 0.05) is 24.0 Å². The Kier molecular flexibility index (Phi) is 11.4. The van der Waals surface area contributed by atoms with Crippen molar-refractivity contribution in [2.75, 3.05) is 26.4 Å². The number of carbonyl (C=O) groups is 4. The zero-order chi connectivity index (χ0) is 19.2. The van der Waals surface area contributed by atoms with E-state index in [1.807, 2.05) is 0 Å². The van der Waals surface area contributed by atoms with Gasteiger partial charge in [0.25, 0.3) is 0 Å². The average Bonchev–Trinajstić information content (AvgIpc) is 2.54. The third kappa shape index (κ3) is 12.4. The SMILES string of the molecule is C=C(C)C(=O)OCCOC(=O)CCCC(=O)OCCOC(=O)C(=C)C. The number of esters is 4. The summed E-state index contributed by atoms with van der Waals surface area (Å²) in [6.07, 6.45) is 0.330. The van der Waals surface area contributed by atoms with E-state index in [0.717, 1.165) is 0 Å². The van der Waals surface area contributed by atoms with Crippen LogP contribution in [0.5, 0.6) is 0 Å². The molecule has 0 aromatic carbocycles. The van der Waals surface area contributed by atoms with Gasteiger partial charge in [-0.3, -0.25) is 9.59 Å². The first kappa shape index (κ1) is 22.4. The zero-order valence-electron chi connectivity index (χ0n) is 14.6. The maximum absolute atomic E-state index is 11.4. The van der Waals surface area contributed by atoms with Crippen molar-refractivity contribution in [1.29, 1.82) is 0 Å². The molecule has 0 aliphatic carbocycles. The van der Waals surface area contributed by atoms with E-state index < -0.39 is 23.9 Å². The van der Waals surface area contributed by atoms with E-state index in [9.17, 15) is 19.2 Å². The number of ether oxygens (including phenoxy) is 4. The first-order chi connectivity index (χ1) is 11.7. The molecular weight excluding hydrogens is 332 g/mol. The highest BCUT2D eigenvalue weighted by Gasteiger charge is 2.09. The Balaban J connectivity index is 3.61. The minimum atomic E-state index is -0.548. The third-order valence-electron chi connectivity index (χ3n) is 2.62. The lowest BCUT2D eigenvalue weighted by atomic mass is 10.2. The Morgan fingerprint density at radius 1 is 0.640 bits per heavy atom. The molecule has 0 aliphatic rings. The lowest BCUT2D eigenvalue weighted by Gasteiger charge is -2.07. The van der Waals surface area contributed by atoms with E-state index in [4.69, 9.17) is 18.9 Å². The van der Waals surface area contributed by atoms with Crippen molar-refractivity contribution < 1.29 is 38.1 Å². The van der Waals surface area contributed by atoms with E-state index in [-0.39, 0.29) is 56.8 Å². The van der Waals surface area contributed by atoms with Crippen molar-refractivity contribution in [2.24, 2.45) is 0 Å². The molecular formula is C17H24O8. The van der Waals surface area contributed by atoms with Crippen LogP contribution < -0.4 is 0 Å². The van der Waals surface area contributed by atoms with Crippen molar-refractivity contribution in [1.82, 2.24) is 0 Å². The van der Waals surface area contributed by atoms with Crippen LogP contribution in [-0.4, -0.2) is 50.3 Å². The van der Waals surface area contributed by atoms with Gasteiger partial charge in [0.15, 0.2) is 0 Å². The van der Waals surface area contributed by atoms with Crippen molar-refractivity contribution in [3.8, 4) is 0 Å². The van der Waals surface area contributed by atoms with Crippen LogP contribution in [0.2, 0.25) is 0 Å². The van der Waals surface area contributed by atoms with Crippen LogP contribution >= 0.6 is 0 Å². The highest BCUT2D eigenvalue weighted by atomic mass is 16.6. The Hall–Kier alpha value is -2.64. The lowest BCUT2D eigenvalue weighted by Crippen LogP contribution is -2.15. The fourth-order valence-electron chi connectivity index (χ4n) is 1.35. The summed E-state index contributed by atoms with van der Waals surface area (Å²) in [5, 5.41) is 0. The van der Waals surface area contributed by atoms with Gasteiger partial charge in [-0.25, -0.2) is 9.59 Å². The van der Waals surface area contributed by atoms with Gasteiger partial charge in [0.1, 0.15) is 26.4 Å². The molecule has 140 valence electrons. The van der Waals surface area contributed by atoms with Crippen LogP contribution in [0.4, 0.5) is 0 Å². The highest BCUT2D eigenvalue weighted by Crippen LogP contribution is 2.01. The minimum Gasteiger partial charge on any atom is -0.462 e. The summed E-state index contributed by atoms with van der Waals surface area (Å²) in [6.45, 7) is 9.63. The summed E-state index contributed by atoms with van der Waals surface area (Å²) >= 11 is 0. The standard InChI is InChI=1S/C17H24O8/c1-12(2)16(20)24-10-8-22-14(18)6-5-7-15(19)23-9-11-25-17(21)13(3)4/h1,3,5-11H2,2,4H3. The summed E-state index contributed by atoms with van der Waals surface area (Å²) in [5.41, 5.74) is 0.526. The van der Waals surface area contributed by atoms with Crippen LogP contribution in [0.1, 0.15) is 33.1 Å². The van der Waals surface area contributed by atoms with Crippen LogP contribution in [0.15, 0.2) is 24.3 Å². The fraction of sp³-hybridized carbons (Fsp3) is 0.529. The van der Waals surface area contributed by atoms with Gasteiger partial charge in [0.05, 0.1) is 0 Å². The average molecular weight is 356 g/mol. The van der Waals surface area contributed by atoms with E-state index >= 15 is 0 Å². The van der Waals surface area contributed by atoms with Crippen LogP contribution in [0.25, 0.3) is 0 Å². The Bertz CT molecular complexity index is 475. The van der Waals surface area contributed by atoms with Crippen molar-refractivity contribution in [3.05, 3.63) is 24.3 Å². The molecule has 0 saturated heterocycles. The van der Waals surface area contributed by atoms with Gasteiger partial charge >= 0.3 is 23.9 Å². The molecule has 0 spiro atoms. The number of hydrogen-bond acceptors (Lipinski definition) is 8. The van der Waals surface area contributed by atoms with Gasteiger partial charge in [-0.2, -0.15) is 0 Å². The largest absolute Gasteiger partial charge is 0.462 e. The highest BCUT2D eigenvalue weighted by molar-refractivity contribution is 5.87. The Morgan fingerprint density at radius 2 is 0.960 bits per heavy atom. The molecule has 0 rings (SSSR count). The van der Waals surface area contributed by atoms with E-state index in [0.29, 0.717) is 0 Å². The maximum Gasteiger partial charge on any atom is 0.333 e. The van der Waals surface area contributed by atoms with Crippen molar-refractivity contribution in [2.45, 2.75) is 33.1 Å². The molecule has 0 aliphatic heterocycles. The lowest BCUT2D eigenvalue weighted by molar-refractivity contribution is -0.152. The second-order valence-electron chi connectivity index (χ2n) is 5.13. The molecule has 0 atom stereocenters. The van der Waals surface area contributed by atoms with Crippen LogP contribution in [-0.2, 0) is 38.1 Å². The number of rotatable bonds is 12. The molecule has 0 unspecified atom stereocenters. The Morgan fingerprint density at radius 3 is 1.28 bits per heavy atom. The predicted molar refractivity (Wildman–Crippen MR) is 87.3 cm³/mol. The zero-order valence-corrected chi connectivity index (χ0v) is 14.6. The van der Waals surface area contributed by atoms with Crippen LogP contribution in [0, 0.1) is 0 Å². The summed E-state index contributed by atoms with van der Waals surface area (Å²) in [4.78, 5) is 44.9. The molecule has 0 saturated carbocycles. The molecule has 0 fully saturated rings. The summed E-state index contributed by atoms with van der Waals surface area (Å²) in [7, 11) is 0. The summed E-state index contributed by atoms with van der Waals surface area (Å²) in [5.74, 6) is -2.11. The third-order valence-corrected chi connectivity index (χ3v) is 2.62. The fourth-order valence-corrected chi connectivity index (χ4v) is 1.35. The Labute approximate surface area is 146 Å². The quantitative estimate of drug-likeness (QED) is 0.224. The van der Waals surface area contributed by atoms with E-state index in [1.54, 1.807) is 0 Å².